The van der Waals surface area contributed by atoms with Crippen LogP contribution in [0.1, 0.15) is 19.4 Å². The second-order valence-corrected chi connectivity index (χ2v) is 6.09. The first-order chi connectivity index (χ1) is 8.12. The highest BCUT2D eigenvalue weighted by atomic mass is 32.2. The summed E-state index contributed by atoms with van der Waals surface area (Å²) >= 11 is 0. The predicted octanol–water partition coefficient (Wildman–Crippen LogP) is 2.73. The van der Waals surface area contributed by atoms with E-state index < -0.39 is 21.6 Å². The first-order valence-corrected chi connectivity index (χ1v) is 7.07. The number of hydrogen-bond acceptors (Lipinski definition) is 3. The summed E-state index contributed by atoms with van der Waals surface area (Å²) in [6.45, 7) is 3.30. The van der Waals surface area contributed by atoms with Gasteiger partial charge in [-0.3, -0.25) is 0 Å². The van der Waals surface area contributed by atoms with E-state index in [0.29, 0.717) is 0 Å². The summed E-state index contributed by atoms with van der Waals surface area (Å²) in [5.41, 5.74) is 4.57. The van der Waals surface area contributed by atoms with E-state index in [1.54, 1.807) is 13.8 Å². The lowest BCUT2D eigenvalue weighted by molar-refractivity contribution is -0.137. The van der Waals surface area contributed by atoms with Gasteiger partial charge in [0.2, 0.25) is 0 Å². The van der Waals surface area contributed by atoms with Gasteiger partial charge in [0.25, 0.3) is 0 Å². The molecule has 0 atom stereocenters. The quantitative estimate of drug-likeness (QED) is 0.849. The van der Waals surface area contributed by atoms with Crippen molar-refractivity contribution in [2.45, 2.75) is 20.0 Å². The van der Waals surface area contributed by atoms with Crippen LogP contribution in [-0.2, 0) is 16.0 Å². The fourth-order valence-electron chi connectivity index (χ4n) is 0.919. The number of nitrogens with two attached hydrogens (primary N) is 1. The average Bonchev–Trinajstić information content (AvgIpc) is 2.29. The molecule has 0 spiro atoms. The minimum Gasteiger partial charge on any atom is -0.399 e. The van der Waals surface area contributed by atoms with Gasteiger partial charge in [0, 0.05) is 17.2 Å². The van der Waals surface area contributed by atoms with Crippen molar-refractivity contribution in [3.8, 4) is 0 Å². The maximum absolute atomic E-state index is 11.9. The summed E-state index contributed by atoms with van der Waals surface area (Å²) in [5, 5.41) is 0. The predicted molar refractivity (Wildman–Crippen MR) is 65.9 cm³/mol. The van der Waals surface area contributed by atoms with Crippen molar-refractivity contribution in [3.05, 3.63) is 29.8 Å². The van der Waals surface area contributed by atoms with E-state index >= 15 is 0 Å². The van der Waals surface area contributed by atoms with Gasteiger partial charge in [-0.1, -0.05) is 19.9 Å². The Hall–Kier alpha value is -1.24. The molecule has 2 N–H and O–H groups in total. The van der Waals surface area contributed by atoms with Crippen LogP contribution in [0.25, 0.3) is 0 Å². The van der Waals surface area contributed by atoms with Crippen LogP contribution >= 0.6 is 0 Å². The second-order valence-electron chi connectivity index (χ2n) is 3.44. The molecular weight excluding hydrogens is 267 g/mol. The number of hydrogen-bond donors (Lipinski definition) is 1. The van der Waals surface area contributed by atoms with Crippen LogP contribution in [0.5, 0.6) is 0 Å². The lowest BCUT2D eigenvalue weighted by Crippen LogP contribution is -2.04. The number of alkyl halides is 3. The van der Waals surface area contributed by atoms with Crippen molar-refractivity contribution in [2.24, 2.45) is 0 Å². The van der Waals surface area contributed by atoms with E-state index in [2.05, 4.69) is 0 Å². The molecule has 0 aliphatic carbocycles. The Morgan fingerprint density at radius 3 is 1.89 bits per heavy atom. The van der Waals surface area contributed by atoms with Crippen LogP contribution in [-0.4, -0.2) is 19.9 Å². The lowest BCUT2D eigenvalue weighted by Gasteiger charge is -2.05. The number of rotatable bonds is 2. The van der Waals surface area contributed by atoms with E-state index in [-0.39, 0.29) is 17.2 Å². The van der Waals surface area contributed by atoms with Gasteiger partial charge in [-0.05, 0) is 18.2 Å². The molecule has 0 radical (unpaired) electrons. The molecule has 0 fully saturated rings. The van der Waals surface area contributed by atoms with E-state index in [9.17, 15) is 21.6 Å². The summed E-state index contributed by atoms with van der Waals surface area (Å²) in [7, 11) is -2.66. The first kappa shape index (κ1) is 16.8. The molecule has 0 heterocycles. The van der Waals surface area contributed by atoms with E-state index in [0.717, 1.165) is 12.1 Å². The van der Waals surface area contributed by atoms with Gasteiger partial charge in [-0.2, -0.15) is 13.2 Å². The molecule has 3 nitrogen and oxygen atoms in total. The van der Waals surface area contributed by atoms with Crippen LogP contribution in [0.3, 0.4) is 0 Å². The summed E-state index contributed by atoms with van der Waals surface area (Å²) in [4.78, 5) is 0. The topological polar surface area (TPSA) is 60.2 Å². The van der Waals surface area contributed by atoms with Crippen LogP contribution in [0, 0.1) is 0 Å². The third-order valence-corrected chi connectivity index (χ3v) is 3.85. The highest BCUT2D eigenvalue weighted by Crippen LogP contribution is 2.29. The van der Waals surface area contributed by atoms with Gasteiger partial charge in [0.1, 0.15) is 9.84 Å². The number of halogens is 3. The van der Waals surface area contributed by atoms with Crippen LogP contribution < -0.4 is 5.73 Å². The minimum atomic E-state index is -4.30. The molecule has 18 heavy (non-hydrogen) atoms. The van der Waals surface area contributed by atoms with Crippen LogP contribution in [0.15, 0.2) is 24.3 Å². The molecule has 104 valence electrons. The smallest absolute Gasteiger partial charge is 0.399 e. The largest absolute Gasteiger partial charge is 0.416 e. The summed E-state index contributed by atoms with van der Waals surface area (Å²) in [6, 6.07) is 4.57. The molecule has 0 bridgehead atoms. The van der Waals surface area contributed by atoms with Crippen molar-refractivity contribution < 1.29 is 21.6 Å². The summed E-state index contributed by atoms with van der Waals surface area (Å²) in [5.74, 6) is 0.535. The second kappa shape index (κ2) is 6.63. The molecule has 1 rings (SSSR count). The highest BCUT2D eigenvalue weighted by Gasteiger charge is 2.30. The van der Waals surface area contributed by atoms with Crippen LogP contribution in [0.2, 0.25) is 0 Å². The summed E-state index contributed by atoms with van der Waals surface area (Å²) in [6.07, 6.45) is -4.30. The van der Waals surface area contributed by atoms with Crippen molar-refractivity contribution in [1.82, 2.24) is 0 Å². The fraction of sp³-hybridized carbons (Fsp3) is 0.455. The molecule has 0 unspecified atom stereocenters. The molecule has 0 amide bonds. The van der Waals surface area contributed by atoms with Gasteiger partial charge >= 0.3 is 6.18 Å². The van der Waals surface area contributed by atoms with Crippen LogP contribution in [0.4, 0.5) is 18.9 Å². The number of benzene rings is 1. The zero-order valence-electron chi connectivity index (χ0n) is 10.2. The van der Waals surface area contributed by atoms with Crippen molar-refractivity contribution >= 4 is 15.5 Å². The SMILES string of the molecule is CCS(=O)(=O)CC.Nc1cccc(C(F)(F)F)c1. The van der Waals surface area contributed by atoms with Crippen molar-refractivity contribution in [2.75, 3.05) is 17.2 Å². The Kier molecular flexibility index (Phi) is 6.17. The van der Waals surface area contributed by atoms with E-state index in [1.165, 1.54) is 12.1 Å². The Labute approximate surface area is 105 Å². The van der Waals surface area contributed by atoms with Crippen molar-refractivity contribution in [1.29, 1.82) is 0 Å². The van der Waals surface area contributed by atoms with E-state index in [4.69, 9.17) is 5.73 Å². The molecule has 0 saturated heterocycles. The Morgan fingerprint density at radius 1 is 1.17 bits per heavy atom. The monoisotopic (exact) mass is 283 g/mol. The zero-order chi connectivity index (χ0) is 14.4. The fourth-order valence-corrected chi connectivity index (χ4v) is 1.33. The standard InChI is InChI=1S/C7H6F3N.C4H10O2S/c8-7(9,10)5-2-1-3-6(11)4-5;1-3-7(5,6)4-2/h1-4H,11H2;3-4H2,1-2H3. The maximum atomic E-state index is 11.9. The molecule has 0 aliphatic rings. The molecule has 1 aromatic carbocycles. The van der Waals surface area contributed by atoms with Gasteiger partial charge in [0.15, 0.2) is 0 Å². The number of sulfone groups is 1. The van der Waals surface area contributed by atoms with E-state index in [1.807, 2.05) is 0 Å². The normalized spacial score (nSPS) is 11.6. The van der Waals surface area contributed by atoms with Gasteiger partial charge in [-0.15, -0.1) is 0 Å². The average molecular weight is 283 g/mol. The zero-order valence-corrected chi connectivity index (χ0v) is 11.0. The molecule has 7 heteroatoms. The number of nitrogen functional groups attached to an aromatic ring is 1. The molecule has 0 saturated carbocycles. The van der Waals surface area contributed by atoms with Crippen molar-refractivity contribution in [3.63, 3.8) is 0 Å². The molecule has 1 aromatic rings. The number of anilines is 1. The van der Waals surface area contributed by atoms with Gasteiger partial charge in [-0.25, -0.2) is 8.42 Å². The maximum Gasteiger partial charge on any atom is 0.416 e. The third kappa shape index (κ3) is 6.48. The Balaban J connectivity index is 0.000000360. The first-order valence-electron chi connectivity index (χ1n) is 5.25. The third-order valence-electron chi connectivity index (χ3n) is 2.09. The summed E-state index contributed by atoms with van der Waals surface area (Å²) < 4.78 is 56.5. The molecule has 0 aliphatic heterocycles. The Morgan fingerprint density at radius 2 is 1.67 bits per heavy atom. The highest BCUT2D eigenvalue weighted by molar-refractivity contribution is 7.91. The minimum absolute atomic E-state index is 0.125. The molecule has 0 aromatic heterocycles. The molecular formula is C11H16F3NO2S. The lowest BCUT2D eigenvalue weighted by atomic mass is 10.2. The Bertz CT molecular complexity index is 459. The van der Waals surface area contributed by atoms with Gasteiger partial charge < -0.3 is 5.73 Å². The van der Waals surface area contributed by atoms with Gasteiger partial charge in [0.05, 0.1) is 5.56 Å².